The number of nitrogens with zero attached hydrogens (tertiary/aromatic N) is 2. The Kier molecular flexibility index (Phi) is 14.2. The zero-order chi connectivity index (χ0) is 31.8. The molecule has 0 radical (unpaired) electrons. The number of hydrogen-bond donors (Lipinski definition) is 0. The van der Waals surface area contributed by atoms with Crippen LogP contribution in [0.1, 0.15) is 45.2 Å². The molecule has 5 aromatic carbocycles. The molecule has 0 N–H and O–H groups in total. The second-order valence-corrected chi connectivity index (χ2v) is 14.5. The van der Waals surface area contributed by atoms with Gasteiger partial charge < -0.3 is 10.6 Å². The van der Waals surface area contributed by atoms with Crippen molar-refractivity contribution in [3.05, 3.63) is 180 Å². The third kappa shape index (κ3) is 7.90. The summed E-state index contributed by atoms with van der Waals surface area (Å²) in [5, 5.41) is 11.1. The van der Waals surface area contributed by atoms with E-state index in [0.29, 0.717) is 0 Å². The van der Waals surface area contributed by atoms with Crippen molar-refractivity contribution in [3.63, 3.8) is 0 Å². The van der Waals surface area contributed by atoms with Gasteiger partial charge in [0.1, 0.15) is 0 Å². The first-order valence-corrected chi connectivity index (χ1v) is 17.7. The number of benzene rings is 5. The van der Waals surface area contributed by atoms with Gasteiger partial charge in [-0.15, -0.1) is 11.1 Å². The van der Waals surface area contributed by atoms with Gasteiger partial charge in [0.05, 0.1) is 0 Å². The van der Waals surface area contributed by atoms with Gasteiger partial charge in [0, 0.05) is 8.95 Å². The van der Waals surface area contributed by atoms with Crippen LogP contribution in [-0.4, -0.2) is 28.2 Å². The third-order valence-corrected chi connectivity index (χ3v) is 11.5. The molecule has 7 rings (SSSR count). The number of rotatable bonds is 5. The van der Waals surface area contributed by atoms with Crippen molar-refractivity contribution in [3.8, 4) is 0 Å². The average molecular weight is 826 g/mol. The number of fused-ring (bicyclic) bond motifs is 2. The second kappa shape index (κ2) is 17.8. The minimum atomic E-state index is -0.836. The topological polar surface area (TPSA) is 28.2 Å². The zero-order valence-corrected chi connectivity index (χ0v) is 32.9. The summed E-state index contributed by atoms with van der Waals surface area (Å²) >= 11 is 7.80. The molecule has 0 amide bonds. The van der Waals surface area contributed by atoms with Crippen LogP contribution in [0.4, 0.5) is 0 Å². The van der Waals surface area contributed by atoms with Gasteiger partial charge in [-0.2, -0.15) is 39.3 Å². The monoisotopic (exact) mass is 822 g/mol. The van der Waals surface area contributed by atoms with Crippen LogP contribution in [0.2, 0.25) is 0 Å². The van der Waals surface area contributed by atoms with Gasteiger partial charge in [0.15, 0.2) is 0 Å². The summed E-state index contributed by atoms with van der Waals surface area (Å²) in [6, 6.07) is 41.5. The molecular formula is C40H35Br2N2PZr. The first-order chi connectivity index (χ1) is 22.0. The van der Waals surface area contributed by atoms with Crippen molar-refractivity contribution in [2.45, 2.75) is 11.8 Å². The van der Waals surface area contributed by atoms with Crippen LogP contribution in [0.25, 0.3) is 22.8 Å². The maximum absolute atomic E-state index is 3.90. The Morgan fingerprint density at radius 2 is 0.870 bits per heavy atom. The molecule has 2 aliphatic carbocycles. The molecule has 0 spiro atoms. The molecule has 6 heteroatoms. The van der Waals surface area contributed by atoms with Crippen LogP contribution in [0.5, 0.6) is 0 Å². The molecule has 2 atom stereocenters. The standard InChI is InChI=1S/C36H23Br2P.2C2H6N.Zr/c37-31-20-22-33(29-18-16-27(35(29)31)24-10-4-1-5-11-24)39(26-14-8-3-9-15-26)34-23-21-32(38)36-28(17-19-30(34)36)25-12-6-2-7-13-25;2*1-3-2;/h1-15,18-23,27-28H;2*1-2H3;/q-2;2*-1;+4. The summed E-state index contributed by atoms with van der Waals surface area (Å²) in [5.74, 6) is 0.240. The quantitative estimate of drug-likeness (QED) is 0.125. The Morgan fingerprint density at radius 1 is 0.522 bits per heavy atom. The Balaban J connectivity index is 0.000000639. The molecule has 0 saturated heterocycles. The van der Waals surface area contributed by atoms with Crippen LogP contribution in [0.15, 0.2) is 124 Å². The van der Waals surface area contributed by atoms with Gasteiger partial charge >= 0.3 is 26.2 Å². The first-order valence-electron chi connectivity index (χ1n) is 14.8. The minimum Gasteiger partial charge on any atom is -0.668 e. The molecule has 46 heavy (non-hydrogen) atoms. The predicted octanol–water partition coefficient (Wildman–Crippen LogP) is 10.1. The van der Waals surface area contributed by atoms with E-state index < -0.39 is 7.92 Å². The zero-order valence-electron chi connectivity index (χ0n) is 26.4. The molecule has 2 aliphatic rings. The molecule has 0 heterocycles. The van der Waals surface area contributed by atoms with E-state index in [0.717, 1.165) is 8.95 Å². The molecular weight excluding hydrogens is 790 g/mol. The van der Waals surface area contributed by atoms with E-state index in [-0.39, 0.29) is 38.0 Å². The smallest absolute Gasteiger partial charge is 0.668 e. The fourth-order valence-electron chi connectivity index (χ4n) is 5.78. The SMILES string of the molecule is Brc1ccc(P(c2ccccc2)c2ccc(Br)c3c2C=[C-]C3c2ccccc2)c2c1C(c1ccccc1)[C-]=C2.C[N-]C.C[N-]C.[Zr+4]. The van der Waals surface area contributed by atoms with Gasteiger partial charge in [-0.05, 0) is 13.2 Å². The molecule has 0 saturated carbocycles. The summed E-state index contributed by atoms with van der Waals surface area (Å²) in [5.41, 5.74) is 7.72. The van der Waals surface area contributed by atoms with E-state index in [1.807, 2.05) is 0 Å². The maximum Gasteiger partial charge on any atom is 4.00 e. The predicted molar refractivity (Wildman–Crippen MR) is 203 cm³/mol. The summed E-state index contributed by atoms with van der Waals surface area (Å²) in [4.78, 5) is 0. The number of allylic oxidation sites excluding steroid dienone is 2. The van der Waals surface area contributed by atoms with Crippen molar-refractivity contribution in [2.24, 2.45) is 0 Å². The third-order valence-electron chi connectivity index (χ3n) is 7.55. The Bertz CT molecular complexity index is 1660. The van der Waals surface area contributed by atoms with Crippen molar-refractivity contribution in [1.82, 2.24) is 0 Å². The fraction of sp³-hybridized carbons (Fsp3) is 0.150. The van der Waals surface area contributed by atoms with Gasteiger partial charge in [0.2, 0.25) is 0 Å². The summed E-state index contributed by atoms with van der Waals surface area (Å²) < 4.78 is 2.27. The minimum absolute atomic E-state index is 0. The van der Waals surface area contributed by atoms with Crippen molar-refractivity contribution in [1.29, 1.82) is 0 Å². The van der Waals surface area contributed by atoms with Crippen molar-refractivity contribution >= 4 is 67.8 Å². The average Bonchev–Trinajstić information content (AvgIpc) is 3.73. The molecule has 228 valence electrons. The molecule has 0 bridgehead atoms. The Morgan fingerprint density at radius 3 is 1.24 bits per heavy atom. The molecule has 5 aromatic rings. The van der Waals surface area contributed by atoms with Crippen LogP contribution >= 0.6 is 39.8 Å². The van der Waals surface area contributed by atoms with Crippen LogP contribution in [-0.2, 0) is 26.2 Å². The van der Waals surface area contributed by atoms with E-state index in [9.17, 15) is 0 Å². The summed E-state index contributed by atoms with van der Waals surface area (Å²) in [6.07, 6.45) is 11.8. The summed E-state index contributed by atoms with van der Waals surface area (Å²) in [7, 11) is 6.16. The number of halogens is 2. The Labute approximate surface area is 312 Å². The molecule has 2 nitrogen and oxygen atoms in total. The van der Waals surface area contributed by atoms with E-state index in [2.05, 4.69) is 182 Å². The first kappa shape index (κ1) is 36.6. The van der Waals surface area contributed by atoms with E-state index in [4.69, 9.17) is 0 Å². The van der Waals surface area contributed by atoms with Crippen molar-refractivity contribution in [2.75, 3.05) is 28.2 Å². The molecule has 0 fully saturated rings. The molecule has 0 aliphatic heterocycles. The van der Waals surface area contributed by atoms with Gasteiger partial charge in [0.25, 0.3) is 0 Å². The Hall–Kier alpha value is -2.23. The van der Waals surface area contributed by atoms with Gasteiger partial charge in [-0.25, -0.2) is 12.2 Å². The van der Waals surface area contributed by atoms with Crippen molar-refractivity contribution < 1.29 is 26.2 Å². The molecule has 2 unspecified atom stereocenters. The van der Waals surface area contributed by atoms with E-state index in [1.54, 1.807) is 28.2 Å². The largest absolute Gasteiger partial charge is 4.00 e. The second-order valence-electron chi connectivity index (χ2n) is 10.7. The van der Waals surface area contributed by atoms with Gasteiger partial charge in [-0.1, -0.05) is 181 Å². The van der Waals surface area contributed by atoms with Crippen LogP contribution < -0.4 is 15.9 Å². The van der Waals surface area contributed by atoms with E-state index in [1.165, 1.54) is 49.3 Å². The van der Waals surface area contributed by atoms with E-state index >= 15 is 0 Å². The molecule has 0 aromatic heterocycles. The summed E-state index contributed by atoms with van der Waals surface area (Å²) in [6.45, 7) is 0. The van der Waals surface area contributed by atoms with Crippen LogP contribution in [0.3, 0.4) is 0 Å². The maximum atomic E-state index is 3.90. The normalized spacial score (nSPS) is 15.8. The van der Waals surface area contributed by atoms with Crippen LogP contribution in [0, 0.1) is 12.2 Å². The van der Waals surface area contributed by atoms with Gasteiger partial charge in [-0.3, -0.25) is 12.2 Å². The fourth-order valence-corrected chi connectivity index (χ4v) is 9.51. The number of hydrogen-bond acceptors (Lipinski definition) is 0.